The SMILES string of the molecule is Cc1noc([C@@H]2COCCN2C(=O)c2ccncc2Cl)n1. The van der Waals surface area contributed by atoms with Crippen LogP contribution in [-0.4, -0.2) is 45.7 Å². The Labute approximate surface area is 125 Å². The molecule has 0 saturated carbocycles. The molecular formula is C13H13ClN4O3. The van der Waals surface area contributed by atoms with Crippen molar-refractivity contribution in [2.75, 3.05) is 19.8 Å². The number of nitrogens with zero attached hydrogens (tertiary/aromatic N) is 4. The van der Waals surface area contributed by atoms with Crippen LogP contribution in [0, 0.1) is 6.92 Å². The molecule has 1 fully saturated rings. The van der Waals surface area contributed by atoms with Gasteiger partial charge in [-0.25, -0.2) is 0 Å². The third-order valence-electron chi connectivity index (χ3n) is 3.22. The van der Waals surface area contributed by atoms with Gasteiger partial charge in [0.15, 0.2) is 5.82 Å². The van der Waals surface area contributed by atoms with Crippen molar-refractivity contribution in [1.29, 1.82) is 0 Å². The molecule has 3 rings (SSSR count). The summed E-state index contributed by atoms with van der Waals surface area (Å²) in [5.41, 5.74) is 0.398. The van der Waals surface area contributed by atoms with Crippen molar-refractivity contribution < 1.29 is 14.1 Å². The minimum absolute atomic E-state index is 0.202. The van der Waals surface area contributed by atoms with Gasteiger partial charge in [-0.3, -0.25) is 9.78 Å². The van der Waals surface area contributed by atoms with Crippen molar-refractivity contribution in [1.82, 2.24) is 20.0 Å². The topological polar surface area (TPSA) is 81.4 Å². The van der Waals surface area contributed by atoms with Crippen LogP contribution in [0.25, 0.3) is 0 Å². The number of aromatic nitrogens is 3. The second kappa shape index (κ2) is 5.79. The fraction of sp³-hybridized carbons (Fsp3) is 0.385. The van der Waals surface area contributed by atoms with Gasteiger partial charge in [0.2, 0.25) is 0 Å². The Bertz CT molecular complexity index is 660. The number of amides is 1. The average molecular weight is 309 g/mol. The molecule has 2 aromatic heterocycles. The molecular weight excluding hydrogens is 296 g/mol. The Morgan fingerprint density at radius 2 is 2.38 bits per heavy atom. The molecule has 8 heteroatoms. The second-order valence-electron chi connectivity index (χ2n) is 4.62. The van der Waals surface area contributed by atoms with Crippen LogP contribution in [0.4, 0.5) is 0 Å². The van der Waals surface area contributed by atoms with E-state index < -0.39 is 6.04 Å². The molecule has 0 aliphatic carbocycles. The van der Waals surface area contributed by atoms with E-state index in [1.807, 2.05) is 0 Å². The van der Waals surface area contributed by atoms with Gasteiger partial charge in [0, 0.05) is 18.9 Å². The molecule has 1 saturated heterocycles. The molecule has 0 spiro atoms. The van der Waals surface area contributed by atoms with Gasteiger partial charge in [0.1, 0.15) is 6.04 Å². The van der Waals surface area contributed by atoms with Crippen LogP contribution in [0.3, 0.4) is 0 Å². The number of aryl methyl sites for hydroxylation is 1. The summed E-state index contributed by atoms with van der Waals surface area (Å²) in [5.74, 6) is 0.683. The maximum Gasteiger partial charge on any atom is 0.256 e. The molecule has 1 aliphatic rings. The molecule has 1 aliphatic heterocycles. The van der Waals surface area contributed by atoms with Crippen LogP contribution in [0.2, 0.25) is 5.02 Å². The van der Waals surface area contributed by atoms with Crippen LogP contribution < -0.4 is 0 Å². The van der Waals surface area contributed by atoms with Crippen molar-refractivity contribution in [3.05, 3.63) is 40.8 Å². The molecule has 0 aromatic carbocycles. The zero-order valence-corrected chi connectivity index (χ0v) is 12.1. The van der Waals surface area contributed by atoms with E-state index in [2.05, 4.69) is 15.1 Å². The molecule has 2 aromatic rings. The lowest BCUT2D eigenvalue weighted by molar-refractivity contribution is -0.0119. The van der Waals surface area contributed by atoms with Gasteiger partial charge in [-0.15, -0.1) is 0 Å². The summed E-state index contributed by atoms with van der Waals surface area (Å²) in [4.78, 5) is 22.4. The Morgan fingerprint density at radius 3 is 3.10 bits per heavy atom. The largest absolute Gasteiger partial charge is 0.377 e. The number of hydrogen-bond acceptors (Lipinski definition) is 6. The summed E-state index contributed by atoms with van der Waals surface area (Å²) in [6.07, 6.45) is 2.98. The molecule has 0 radical (unpaired) electrons. The highest BCUT2D eigenvalue weighted by molar-refractivity contribution is 6.33. The van der Waals surface area contributed by atoms with Crippen molar-refractivity contribution in [3.8, 4) is 0 Å². The highest BCUT2D eigenvalue weighted by Crippen LogP contribution is 2.26. The molecule has 0 unspecified atom stereocenters. The van der Waals surface area contributed by atoms with Crippen LogP contribution in [0.15, 0.2) is 23.0 Å². The molecule has 110 valence electrons. The third kappa shape index (κ3) is 2.74. The fourth-order valence-electron chi connectivity index (χ4n) is 2.20. The lowest BCUT2D eigenvalue weighted by Gasteiger charge is -2.33. The normalized spacial score (nSPS) is 18.8. The maximum absolute atomic E-state index is 12.7. The van der Waals surface area contributed by atoms with Gasteiger partial charge in [-0.2, -0.15) is 4.98 Å². The third-order valence-corrected chi connectivity index (χ3v) is 3.52. The predicted octanol–water partition coefficient (Wildman–Crippen LogP) is 1.64. The Hall–Kier alpha value is -1.99. The molecule has 0 bridgehead atoms. The first-order valence-corrected chi connectivity index (χ1v) is 6.83. The standard InChI is InChI=1S/C13H13ClN4O3/c1-8-16-12(21-17-8)11-7-20-5-4-18(11)13(19)9-2-3-15-6-10(9)14/h2-3,6,11H,4-5,7H2,1H3/t11-/m0/s1. The van der Waals surface area contributed by atoms with Crippen molar-refractivity contribution in [2.24, 2.45) is 0 Å². The summed E-state index contributed by atoms with van der Waals surface area (Å²) < 4.78 is 10.6. The predicted molar refractivity (Wildman–Crippen MR) is 72.9 cm³/mol. The number of ether oxygens (including phenoxy) is 1. The molecule has 7 nitrogen and oxygen atoms in total. The van der Waals surface area contributed by atoms with E-state index in [9.17, 15) is 4.79 Å². The number of carbonyl (C=O) groups is 1. The maximum atomic E-state index is 12.7. The summed E-state index contributed by atoms with van der Waals surface area (Å²) >= 11 is 6.04. The quantitative estimate of drug-likeness (QED) is 0.839. The van der Waals surface area contributed by atoms with Gasteiger partial charge in [0.05, 0.1) is 23.8 Å². The van der Waals surface area contributed by atoms with Gasteiger partial charge < -0.3 is 14.2 Å². The summed E-state index contributed by atoms with van der Waals surface area (Å²) in [7, 11) is 0. The fourth-order valence-corrected chi connectivity index (χ4v) is 2.40. The van der Waals surface area contributed by atoms with Gasteiger partial charge in [0.25, 0.3) is 11.8 Å². The van der Waals surface area contributed by atoms with Crippen LogP contribution >= 0.6 is 11.6 Å². The smallest absolute Gasteiger partial charge is 0.256 e. The van der Waals surface area contributed by atoms with Crippen molar-refractivity contribution in [3.63, 3.8) is 0 Å². The van der Waals surface area contributed by atoms with Crippen LogP contribution in [0.5, 0.6) is 0 Å². The minimum atomic E-state index is -0.406. The molecule has 0 N–H and O–H groups in total. The minimum Gasteiger partial charge on any atom is -0.377 e. The number of morpholine rings is 1. The van der Waals surface area contributed by atoms with Gasteiger partial charge in [-0.1, -0.05) is 16.8 Å². The molecule has 21 heavy (non-hydrogen) atoms. The van der Waals surface area contributed by atoms with E-state index in [1.54, 1.807) is 17.9 Å². The highest BCUT2D eigenvalue weighted by Gasteiger charge is 2.33. The van der Waals surface area contributed by atoms with Crippen molar-refractivity contribution in [2.45, 2.75) is 13.0 Å². The summed E-state index contributed by atoms with van der Waals surface area (Å²) in [5, 5.41) is 4.07. The van der Waals surface area contributed by atoms with Crippen LogP contribution in [-0.2, 0) is 4.74 Å². The second-order valence-corrected chi connectivity index (χ2v) is 5.03. The Kier molecular flexibility index (Phi) is 3.85. The number of pyridine rings is 1. The van der Waals surface area contributed by atoms with Crippen LogP contribution in [0.1, 0.15) is 28.1 Å². The molecule has 1 atom stereocenters. The first kappa shape index (κ1) is 14.0. The lowest BCUT2D eigenvalue weighted by Crippen LogP contribution is -2.43. The number of rotatable bonds is 2. The number of carbonyl (C=O) groups excluding carboxylic acids is 1. The van der Waals surface area contributed by atoms with E-state index in [0.717, 1.165) is 0 Å². The zero-order valence-electron chi connectivity index (χ0n) is 11.3. The monoisotopic (exact) mass is 308 g/mol. The first-order valence-electron chi connectivity index (χ1n) is 6.45. The number of hydrogen-bond donors (Lipinski definition) is 0. The van der Waals surface area contributed by atoms with E-state index >= 15 is 0 Å². The highest BCUT2D eigenvalue weighted by atomic mass is 35.5. The van der Waals surface area contributed by atoms with E-state index in [1.165, 1.54) is 12.4 Å². The van der Waals surface area contributed by atoms with E-state index in [4.69, 9.17) is 20.9 Å². The first-order chi connectivity index (χ1) is 10.2. The van der Waals surface area contributed by atoms with E-state index in [-0.39, 0.29) is 5.91 Å². The Morgan fingerprint density at radius 1 is 1.52 bits per heavy atom. The average Bonchev–Trinajstić information content (AvgIpc) is 2.93. The summed E-state index contributed by atoms with van der Waals surface area (Å²) in [6.45, 7) is 2.93. The van der Waals surface area contributed by atoms with Crippen molar-refractivity contribution >= 4 is 17.5 Å². The Balaban J connectivity index is 1.91. The number of halogens is 1. The molecule has 1 amide bonds. The van der Waals surface area contributed by atoms with E-state index in [0.29, 0.717) is 42.1 Å². The lowest BCUT2D eigenvalue weighted by atomic mass is 10.1. The van der Waals surface area contributed by atoms with Gasteiger partial charge >= 0.3 is 0 Å². The zero-order chi connectivity index (χ0) is 14.8. The van der Waals surface area contributed by atoms with Gasteiger partial charge in [-0.05, 0) is 13.0 Å². The molecule has 3 heterocycles. The summed E-state index contributed by atoms with van der Waals surface area (Å²) in [6, 6.07) is 1.19.